The molecular weight excluding hydrogens is 356 g/mol. The van der Waals surface area contributed by atoms with E-state index in [4.69, 9.17) is 0 Å². The monoisotopic (exact) mass is 370 g/mol. The van der Waals surface area contributed by atoms with Crippen LogP contribution in [-0.4, -0.2) is 0 Å². The van der Waals surface area contributed by atoms with Crippen LogP contribution in [-0.2, 0) is 0 Å². The zero-order valence-corrected chi connectivity index (χ0v) is 15.7. The molecule has 4 heterocycles. The fraction of sp³-hybridized carbons (Fsp3) is 0.0526. The van der Waals surface area contributed by atoms with Gasteiger partial charge in [-0.3, -0.25) is 0 Å². The lowest BCUT2D eigenvalue weighted by molar-refractivity contribution is 1.64. The van der Waals surface area contributed by atoms with E-state index >= 15 is 0 Å². The Morgan fingerprint density at radius 1 is 0.652 bits per heavy atom. The largest absolute Gasteiger partial charge is 0.143 e. The topological polar surface area (TPSA) is 0 Å². The van der Waals surface area contributed by atoms with Gasteiger partial charge < -0.3 is 0 Å². The Balaban J connectivity index is 1.52. The second-order valence-corrected chi connectivity index (χ2v) is 9.59. The summed E-state index contributed by atoms with van der Waals surface area (Å²) in [6.07, 6.45) is 4.44. The molecule has 0 radical (unpaired) electrons. The van der Waals surface area contributed by atoms with Crippen LogP contribution in [0, 0.1) is 6.92 Å². The van der Waals surface area contributed by atoms with Crippen LogP contribution in [0.5, 0.6) is 0 Å². The standard InChI is InChI=1S/C19H14S4/c1-13-4-9-18(21-13)19-11-8-15(23-19)6-5-14-7-10-17(22-14)16-3-2-12-20-16/h2-12H,1H3/b6-5+. The number of aryl methyl sites for hydroxylation is 1. The van der Waals surface area contributed by atoms with Gasteiger partial charge in [-0.05, 0) is 66.9 Å². The van der Waals surface area contributed by atoms with Crippen LogP contribution >= 0.6 is 45.3 Å². The van der Waals surface area contributed by atoms with Crippen molar-refractivity contribution in [2.24, 2.45) is 0 Å². The highest BCUT2D eigenvalue weighted by atomic mass is 32.1. The summed E-state index contributed by atoms with van der Waals surface area (Å²) in [5.41, 5.74) is 0. The SMILES string of the molecule is Cc1ccc(-c2ccc(/C=C/c3ccc(-c4cccs4)s3)s2)s1. The predicted molar refractivity (Wildman–Crippen MR) is 109 cm³/mol. The van der Waals surface area contributed by atoms with Gasteiger partial charge in [-0.15, -0.1) is 45.3 Å². The highest BCUT2D eigenvalue weighted by Gasteiger charge is 2.04. The summed E-state index contributed by atoms with van der Waals surface area (Å²) in [6.45, 7) is 2.16. The molecule has 0 aliphatic rings. The van der Waals surface area contributed by atoms with Crippen molar-refractivity contribution in [3.8, 4) is 19.5 Å². The van der Waals surface area contributed by atoms with Crippen LogP contribution in [0.25, 0.3) is 31.7 Å². The van der Waals surface area contributed by atoms with Gasteiger partial charge in [-0.1, -0.05) is 6.07 Å². The van der Waals surface area contributed by atoms with Crippen molar-refractivity contribution in [1.82, 2.24) is 0 Å². The molecule has 0 N–H and O–H groups in total. The minimum atomic E-state index is 1.30. The molecule has 0 bridgehead atoms. The maximum Gasteiger partial charge on any atom is 0.0449 e. The summed E-state index contributed by atoms with van der Waals surface area (Å²) in [6, 6.07) is 17.5. The summed E-state index contributed by atoms with van der Waals surface area (Å²) in [7, 11) is 0. The molecule has 0 atom stereocenters. The second-order valence-electron chi connectivity index (χ2n) is 5.12. The van der Waals surface area contributed by atoms with E-state index in [0.717, 1.165) is 0 Å². The first-order chi connectivity index (χ1) is 11.3. The van der Waals surface area contributed by atoms with Crippen molar-refractivity contribution in [3.63, 3.8) is 0 Å². The molecule has 4 aromatic heterocycles. The predicted octanol–water partition coefficient (Wildman–Crippen LogP) is 7.75. The molecule has 0 fully saturated rings. The van der Waals surface area contributed by atoms with Crippen LogP contribution < -0.4 is 0 Å². The van der Waals surface area contributed by atoms with Crippen LogP contribution in [0.1, 0.15) is 14.6 Å². The summed E-state index contributed by atoms with van der Waals surface area (Å²) in [4.78, 5) is 9.38. The van der Waals surface area contributed by atoms with Crippen molar-refractivity contribution in [1.29, 1.82) is 0 Å². The van der Waals surface area contributed by atoms with Gasteiger partial charge in [0.2, 0.25) is 0 Å². The van der Waals surface area contributed by atoms with Crippen LogP contribution in [0.3, 0.4) is 0 Å². The van der Waals surface area contributed by atoms with Gasteiger partial charge >= 0.3 is 0 Å². The Bertz CT molecular complexity index is 932. The van der Waals surface area contributed by atoms with Crippen molar-refractivity contribution >= 4 is 57.5 Å². The van der Waals surface area contributed by atoms with E-state index in [1.54, 1.807) is 11.3 Å². The van der Waals surface area contributed by atoms with E-state index in [9.17, 15) is 0 Å². The molecule has 114 valence electrons. The number of hydrogen-bond acceptors (Lipinski definition) is 4. The molecule has 0 saturated carbocycles. The lowest BCUT2D eigenvalue weighted by Crippen LogP contribution is -1.58. The Hall–Kier alpha value is -1.46. The van der Waals surface area contributed by atoms with E-state index in [1.165, 1.54) is 34.1 Å². The number of hydrogen-bond donors (Lipinski definition) is 0. The lowest BCUT2D eigenvalue weighted by Gasteiger charge is -1.89. The van der Waals surface area contributed by atoms with E-state index < -0.39 is 0 Å². The molecular formula is C19H14S4. The summed E-state index contributed by atoms with van der Waals surface area (Å²) in [5.74, 6) is 0. The zero-order chi connectivity index (χ0) is 15.6. The third-order valence-electron chi connectivity index (χ3n) is 3.41. The Morgan fingerprint density at radius 3 is 1.83 bits per heavy atom. The summed E-state index contributed by atoms with van der Waals surface area (Å²) >= 11 is 7.36. The average molecular weight is 371 g/mol. The van der Waals surface area contributed by atoms with E-state index in [-0.39, 0.29) is 0 Å². The maximum absolute atomic E-state index is 2.22. The highest BCUT2D eigenvalue weighted by Crippen LogP contribution is 2.35. The van der Waals surface area contributed by atoms with E-state index in [0.29, 0.717) is 0 Å². The smallest absolute Gasteiger partial charge is 0.0449 e. The molecule has 0 spiro atoms. The van der Waals surface area contributed by atoms with Crippen molar-refractivity contribution in [2.45, 2.75) is 6.92 Å². The molecule has 0 aromatic carbocycles. The Kier molecular flexibility index (Phi) is 4.31. The minimum Gasteiger partial charge on any atom is -0.143 e. The normalized spacial score (nSPS) is 11.5. The third-order valence-corrected chi connectivity index (χ3v) is 7.78. The Morgan fingerprint density at radius 2 is 1.26 bits per heavy atom. The molecule has 0 amide bonds. The zero-order valence-electron chi connectivity index (χ0n) is 12.5. The van der Waals surface area contributed by atoms with Gasteiger partial charge in [0.05, 0.1) is 0 Å². The van der Waals surface area contributed by atoms with E-state index in [1.807, 2.05) is 34.0 Å². The highest BCUT2D eigenvalue weighted by molar-refractivity contribution is 7.23. The van der Waals surface area contributed by atoms with Crippen molar-refractivity contribution in [3.05, 3.63) is 68.5 Å². The fourth-order valence-electron chi connectivity index (χ4n) is 2.30. The molecule has 0 aliphatic heterocycles. The molecule has 4 aromatic rings. The molecule has 0 saturated heterocycles. The molecule has 0 unspecified atom stereocenters. The van der Waals surface area contributed by atoms with Crippen LogP contribution in [0.4, 0.5) is 0 Å². The summed E-state index contributed by atoms with van der Waals surface area (Å²) < 4.78 is 0. The fourth-order valence-corrected chi connectivity index (χ4v) is 5.91. The van der Waals surface area contributed by atoms with Crippen LogP contribution in [0.15, 0.2) is 53.9 Å². The first-order valence-corrected chi connectivity index (χ1v) is 10.6. The van der Waals surface area contributed by atoms with Crippen LogP contribution in [0.2, 0.25) is 0 Å². The lowest BCUT2D eigenvalue weighted by atomic mass is 10.3. The molecule has 23 heavy (non-hydrogen) atoms. The third kappa shape index (κ3) is 3.40. The minimum absolute atomic E-state index is 1.30. The van der Waals surface area contributed by atoms with E-state index in [2.05, 4.69) is 73.0 Å². The average Bonchev–Trinajstić information content (AvgIpc) is 3.31. The van der Waals surface area contributed by atoms with Crippen molar-refractivity contribution < 1.29 is 0 Å². The maximum atomic E-state index is 2.22. The van der Waals surface area contributed by atoms with Crippen molar-refractivity contribution in [2.75, 3.05) is 0 Å². The van der Waals surface area contributed by atoms with Gasteiger partial charge in [-0.25, -0.2) is 0 Å². The quantitative estimate of drug-likeness (QED) is 0.344. The number of thiophene rings is 4. The van der Waals surface area contributed by atoms with Gasteiger partial charge in [0, 0.05) is 34.1 Å². The molecule has 0 nitrogen and oxygen atoms in total. The van der Waals surface area contributed by atoms with Gasteiger partial charge in [0.1, 0.15) is 0 Å². The first-order valence-electron chi connectivity index (χ1n) is 7.26. The first kappa shape index (κ1) is 15.1. The van der Waals surface area contributed by atoms with Gasteiger partial charge in [-0.2, -0.15) is 0 Å². The molecule has 4 rings (SSSR count). The summed E-state index contributed by atoms with van der Waals surface area (Å²) in [5, 5.41) is 2.13. The molecule has 0 aliphatic carbocycles. The Labute approximate surface area is 152 Å². The number of rotatable bonds is 4. The van der Waals surface area contributed by atoms with Gasteiger partial charge in [0.25, 0.3) is 0 Å². The molecule has 4 heteroatoms. The van der Waals surface area contributed by atoms with Gasteiger partial charge in [0.15, 0.2) is 0 Å². The second kappa shape index (κ2) is 6.57.